The number of fused-ring (bicyclic) bond motifs is 1. The summed E-state index contributed by atoms with van der Waals surface area (Å²) in [5, 5.41) is 18.3. The fourth-order valence-corrected chi connectivity index (χ4v) is 2.68. The minimum absolute atomic E-state index is 0.174. The highest BCUT2D eigenvalue weighted by Crippen LogP contribution is 2.31. The van der Waals surface area contributed by atoms with Crippen LogP contribution in [0.1, 0.15) is 19.9 Å². The van der Waals surface area contributed by atoms with Crippen LogP contribution in [0.25, 0.3) is 33.7 Å². The van der Waals surface area contributed by atoms with Crippen molar-refractivity contribution >= 4 is 11.0 Å². The molecule has 0 atom stereocenters. The number of hydrogen-bond acceptors (Lipinski definition) is 5. The second-order valence-corrected chi connectivity index (χ2v) is 5.89. The maximum absolute atomic E-state index is 9.94. The summed E-state index contributed by atoms with van der Waals surface area (Å²) in [6.45, 7) is 4.13. The quantitative estimate of drug-likeness (QED) is 0.616. The lowest BCUT2D eigenvalue weighted by Gasteiger charge is -2.05. The normalized spacial score (nSPS) is 11.5. The summed E-state index contributed by atoms with van der Waals surface area (Å²) in [5.74, 6) is 0.655. The van der Waals surface area contributed by atoms with Gasteiger partial charge in [-0.2, -0.15) is 0 Å². The lowest BCUT2D eigenvalue weighted by Crippen LogP contribution is -2.02. The lowest BCUT2D eigenvalue weighted by molar-refractivity contribution is 0.477. The number of aromatic nitrogens is 4. The van der Waals surface area contributed by atoms with Crippen molar-refractivity contribution in [3.63, 3.8) is 0 Å². The Bertz CT molecular complexity index is 1020. The molecule has 0 fully saturated rings. The molecular weight excluding hydrogens is 304 g/mol. The first-order valence-electron chi connectivity index (χ1n) is 7.72. The molecule has 0 saturated heterocycles. The first kappa shape index (κ1) is 14.4. The highest BCUT2D eigenvalue weighted by molar-refractivity contribution is 5.80. The monoisotopic (exact) mass is 320 g/mol. The maximum atomic E-state index is 9.94. The minimum atomic E-state index is 0.174. The van der Waals surface area contributed by atoms with Gasteiger partial charge in [-0.3, -0.25) is 0 Å². The molecule has 0 aliphatic heterocycles. The van der Waals surface area contributed by atoms with Crippen LogP contribution < -0.4 is 0 Å². The van der Waals surface area contributed by atoms with E-state index in [1.807, 2.05) is 28.9 Å². The Morgan fingerprint density at radius 1 is 1.12 bits per heavy atom. The van der Waals surface area contributed by atoms with Crippen LogP contribution in [0.4, 0.5) is 0 Å². The summed E-state index contributed by atoms with van der Waals surface area (Å²) in [6.07, 6.45) is 1.54. The van der Waals surface area contributed by atoms with Crippen molar-refractivity contribution in [2.75, 3.05) is 0 Å². The van der Waals surface area contributed by atoms with Gasteiger partial charge in [0, 0.05) is 17.2 Å². The minimum Gasteiger partial charge on any atom is -0.507 e. The van der Waals surface area contributed by atoms with Gasteiger partial charge in [-0.25, -0.2) is 9.67 Å². The zero-order chi connectivity index (χ0) is 16.7. The van der Waals surface area contributed by atoms with Crippen molar-refractivity contribution in [2.24, 2.45) is 0 Å². The molecule has 0 aliphatic rings. The predicted octanol–water partition coefficient (Wildman–Crippen LogP) is 4.04. The van der Waals surface area contributed by atoms with Gasteiger partial charge in [0.25, 0.3) is 0 Å². The highest BCUT2D eigenvalue weighted by Gasteiger charge is 2.13. The first-order chi connectivity index (χ1) is 11.6. The second-order valence-electron chi connectivity index (χ2n) is 5.89. The standard InChI is InChI=1S/C18H16N4O2/c1-11(2)22-16-8-7-12(9-14(16)20-21-22)18-19-15(10-24-18)13-5-3-4-6-17(13)23/h3-11,23H,1-2H3. The van der Waals surface area contributed by atoms with E-state index in [-0.39, 0.29) is 11.8 Å². The third-order valence-electron chi connectivity index (χ3n) is 3.89. The van der Waals surface area contributed by atoms with Crippen LogP contribution in [-0.4, -0.2) is 25.1 Å². The molecule has 6 nitrogen and oxygen atoms in total. The van der Waals surface area contributed by atoms with E-state index >= 15 is 0 Å². The zero-order valence-electron chi connectivity index (χ0n) is 13.3. The number of phenolic OH excluding ortho intramolecular Hbond substituents is 1. The van der Waals surface area contributed by atoms with Crippen molar-refractivity contribution in [3.8, 4) is 28.5 Å². The van der Waals surface area contributed by atoms with E-state index in [0.29, 0.717) is 17.1 Å². The van der Waals surface area contributed by atoms with Crippen LogP contribution in [0.5, 0.6) is 5.75 Å². The van der Waals surface area contributed by atoms with Gasteiger partial charge in [-0.1, -0.05) is 17.3 Å². The highest BCUT2D eigenvalue weighted by atomic mass is 16.3. The van der Waals surface area contributed by atoms with Crippen LogP contribution in [0.15, 0.2) is 53.1 Å². The SMILES string of the molecule is CC(C)n1nnc2cc(-c3nc(-c4ccccc4O)co3)ccc21. The molecule has 0 aliphatic carbocycles. The molecule has 4 rings (SSSR count). The van der Waals surface area contributed by atoms with Gasteiger partial charge >= 0.3 is 0 Å². The molecule has 4 aromatic rings. The second kappa shape index (κ2) is 5.49. The molecule has 2 aromatic heterocycles. The summed E-state index contributed by atoms with van der Waals surface area (Å²) in [4.78, 5) is 4.48. The number of benzene rings is 2. The van der Waals surface area contributed by atoms with Gasteiger partial charge in [0.15, 0.2) is 0 Å². The van der Waals surface area contributed by atoms with Crippen molar-refractivity contribution in [1.82, 2.24) is 20.0 Å². The number of hydrogen-bond donors (Lipinski definition) is 1. The number of phenols is 1. The fourth-order valence-electron chi connectivity index (χ4n) is 2.68. The number of oxazole rings is 1. The molecule has 1 N–H and O–H groups in total. The Kier molecular flexibility index (Phi) is 3.30. The van der Waals surface area contributed by atoms with E-state index in [4.69, 9.17) is 4.42 Å². The summed E-state index contributed by atoms with van der Waals surface area (Å²) in [7, 11) is 0. The van der Waals surface area contributed by atoms with Gasteiger partial charge in [0.2, 0.25) is 5.89 Å². The van der Waals surface area contributed by atoms with Crippen LogP contribution in [-0.2, 0) is 0 Å². The van der Waals surface area contributed by atoms with Crippen molar-refractivity contribution < 1.29 is 9.52 Å². The largest absolute Gasteiger partial charge is 0.507 e. The molecule has 2 aromatic carbocycles. The maximum Gasteiger partial charge on any atom is 0.226 e. The smallest absolute Gasteiger partial charge is 0.226 e. The molecule has 0 radical (unpaired) electrons. The van der Waals surface area contributed by atoms with Gasteiger partial charge in [0.1, 0.15) is 23.2 Å². The Hall–Kier alpha value is -3.15. The average Bonchev–Trinajstić information content (AvgIpc) is 3.21. The Morgan fingerprint density at radius 3 is 2.75 bits per heavy atom. The zero-order valence-corrected chi connectivity index (χ0v) is 13.3. The van der Waals surface area contributed by atoms with Crippen LogP contribution in [0.2, 0.25) is 0 Å². The molecule has 0 bridgehead atoms. The van der Waals surface area contributed by atoms with Crippen molar-refractivity contribution in [3.05, 3.63) is 48.7 Å². The summed E-state index contributed by atoms with van der Waals surface area (Å²) in [5.41, 5.74) is 3.82. The Labute approximate surface area is 138 Å². The first-order valence-corrected chi connectivity index (χ1v) is 7.72. The van der Waals surface area contributed by atoms with Crippen LogP contribution >= 0.6 is 0 Å². The number of para-hydroxylation sites is 1. The summed E-state index contributed by atoms with van der Waals surface area (Å²) in [6, 6.07) is 13.1. The molecule has 0 saturated carbocycles. The predicted molar refractivity (Wildman–Crippen MR) is 90.5 cm³/mol. The molecular formula is C18H16N4O2. The van der Waals surface area contributed by atoms with E-state index in [1.54, 1.807) is 24.5 Å². The molecule has 6 heteroatoms. The average molecular weight is 320 g/mol. The summed E-state index contributed by atoms with van der Waals surface area (Å²) < 4.78 is 7.46. The molecule has 0 spiro atoms. The molecule has 0 amide bonds. The van der Waals surface area contributed by atoms with E-state index in [2.05, 4.69) is 29.1 Å². The third-order valence-corrected chi connectivity index (χ3v) is 3.89. The van der Waals surface area contributed by atoms with E-state index in [0.717, 1.165) is 16.6 Å². The topological polar surface area (TPSA) is 77.0 Å². The lowest BCUT2D eigenvalue weighted by atomic mass is 10.1. The fraction of sp³-hybridized carbons (Fsp3) is 0.167. The number of nitrogens with zero attached hydrogens (tertiary/aromatic N) is 4. The van der Waals surface area contributed by atoms with Crippen LogP contribution in [0, 0.1) is 0 Å². The molecule has 2 heterocycles. The third kappa shape index (κ3) is 2.32. The van der Waals surface area contributed by atoms with Crippen molar-refractivity contribution in [1.29, 1.82) is 0 Å². The van der Waals surface area contributed by atoms with Crippen LogP contribution in [0.3, 0.4) is 0 Å². The van der Waals surface area contributed by atoms with E-state index in [1.165, 1.54) is 0 Å². The Balaban J connectivity index is 1.75. The van der Waals surface area contributed by atoms with Gasteiger partial charge < -0.3 is 9.52 Å². The Morgan fingerprint density at radius 2 is 1.96 bits per heavy atom. The van der Waals surface area contributed by atoms with E-state index < -0.39 is 0 Å². The number of aromatic hydroxyl groups is 1. The summed E-state index contributed by atoms with van der Waals surface area (Å²) >= 11 is 0. The van der Waals surface area contributed by atoms with Crippen molar-refractivity contribution in [2.45, 2.75) is 19.9 Å². The van der Waals surface area contributed by atoms with Gasteiger partial charge in [-0.05, 0) is 44.2 Å². The van der Waals surface area contributed by atoms with Gasteiger partial charge in [0.05, 0.1) is 5.52 Å². The molecule has 120 valence electrons. The van der Waals surface area contributed by atoms with E-state index in [9.17, 15) is 5.11 Å². The molecule has 0 unspecified atom stereocenters. The van der Waals surface area contributed by atoms with Gasteiger partial charge in [-0.15, -0.1) is 5.10 Å². The number of rotatable bonds is 3. The molecule has 24 heavy (non-hydrogen) atoms.